The molecule has 0 aliphatic rings. The summed E-state index contributed by atoms with van der Waals surface area (Å²) < 4.78 is 2.20. The van der Waals surface area contributed by atoms with Crippen molar-refractivity contribution in [1.29, 1.82) is 0 Å². The number of hydrogen-bond acceptors (Lipinski definition) is 1. The minimum atomic E-state index is 1.17. The van der Waals surface area contributed by atoms with Gasteiger partial charge in [0.15, 0.2) is 0 Å². The Morgan fingerprint density at radius 3 is 2.00 bits per heavy atom. The van der Waals surface area contributed by atoms with E-state index in [1.807, 2.05) is 12.5 Å². The molecule has 1 aromatic heterocycles. The van der Waals surface area contributed by atoms with Crippen molar-refractivity contribution in [3.05, 3.63) is 48.0 Å². The van der Waals surface area contributed by atoms with E-state index in [-0.39, 0.29) is 0 Å². The van der Waals surface area contributed by atoms with Gasteiger partial charge in [0, 0.05) is 12.4 Å². The largest absolute Gasteiger partial charge is 0.306 e. The fraction of sp³-hybridized carbons (Fsp3) is 0.526. The van der Waals surface area contributed by atoms with E-state index in [1.165, 1.54) is 68.2 Å². The molecule has 0 radical (unpaired) electrons. The first-order valence-electron chi connectivity index (χ1n) is 8.46. The van der Waals surface area contributed by atoms with Crippen molar-refractivity contribution in [1.82, 2.24) is 9.55 Å². The Hall–Kier alpha value is -1.57. The number of unbranched alkanes of at least 4 members (excludes halogenated alkanes) is 4. The molecule has 21 heavy (non-hydrogen) atoms. The van der Waals surface area contributed by atoms with Gasteiger partial charge in [-0.25, -0.2) is 4.98 Å². The van der Waals surface area contributed by atoms with E-state index >= 15 is 0 Å². The molecular formula is C19H28N2. The monoisotopic (exact) mass is 284 g/mol. The van der Waals surface area contributed by atoms with Crippen LogP contribution >= 0.6 is 0 Å². The summed E-state index contributed by atoms with van der Waals surface area (Å²) in [7, 11) is 0. The first kappa shape index (κ1) is 15.8. The number of rotatable bonds is 9. The standard InChI is InChI=1S/C19H28N2/c1-3-5-7-10-17-12-9-13-18(11-8-6-4-2)19(17)21-15-14-20-16-21/h9,12-16H,3-8,10-11H2,1-2H3. The maximum Gasteiger partial charge on any atom is 0.0991 e. The third-order valence-electron chi connectivity index (χ3n) is 4.07. The summed E-state index contributed by atoms with van der Waals surface area (Å²) in [5, 5.41) is 0. The zero-order chi connectivity index (χ0) is 14.9. The molecule has 0 fully saturated rings. The summed E-state index contributed by atoms with van der Waals surface area (Å²) in [4.78, 5) is 4.24. The van der Waals surface area contributed by atoms with Crippen LogP contribution in [0, 0.1) is 0 Å². The third-order valence-corrected chi connectivity index (χ3v) is 4.07. The van der Waals surface area contributed by atoms with Crippen molar-refractivity contribution < 1.29 is 0 Å². The van der Waals surface area contributed by atoms with Crippen molar-refractivity contribution >= 4 is 0 Å². The minimum Gasteiger partial charge on any atom is -0.306 e. The molecule has 0 unspecified atom stereocenters. The topological polar surface area (TPSA) is 17.8 Å². The summed E-state index contributed by atoms with van der Waals surface area (Å²) in [6.45, 7) is 4.52. The number of para-hydroxylation sites is 1. The predicted molar refractivity (Wildman–Crippen MR) is 90.0 cm³/mol. The van der Waals surface area contributed by atoms with Crippen molar-refractivity contribution in [3.8, 4) is 5.69 Å². The van der Waals surface area contributed by atoms with Crippen LogP contribution < -0.4 is 0 Å². The second-order valence-corrected chi connectivity index (χ2v) is 5.81. The van der Waals surface area contributed by atoms with Crippen molar-refractivity contribution in [3.63, 3.8) is 0 Å². The van der Waals surface area contributed by atoms with Crippen LogP contribution in [0.1, 0.15) is 63.5 Å². The number of aromatic nitrogens is 2. The number of imidazole rings is 1. The average Bonchev–Trinajstić information content (AvgIpc) is 3.02. The van der Waals surface area contributed by atoms with Gasteiger partial charge < -0.3 is 4.57 Å². The maximum absolute atomic E-state index is 4.24. The molecule has 0 saturated carbocycles. The zero-order valence-corrected chi connectivity index (χ0v) is 13.5. The van der Waals surface area contributed by atoms with E-state index < -0.39 is 0 Å². The lowest BCUT2D eigenvalue weighted by Gasteiger charge is -2.15. The van der Waals surface area contributed by atoms with Gasteiger partial charge in [-0.3, -0.25) is 0 Å². The van der Waals surface area contributed by atoms with Crippen molar-refractivity contribution in [2.75, 3.05) is 0 Å². The lowest BCUT2D eigenvalue weighted by Crippen LogP contribution is -2.03. The van der Waals surface area contributed by atoms with Gasteiger partial charge in [-0.05, 0) is 36.8 Å². The fourth-order valence-electron chi connectivity index (χ4n) is 2.90. The van der Waals surface area contributed by atoms with Crippen LogP contribution in [-0.2, 0) is 12.8 Å². The highest BCUT2D eigenvalue weighted by atomic mass is 15.0. The molecule has 0 bridgehead atoms. The van der Waals surface area contributed by atoms with Crippen LogP contribution in [-0.4, -0.2) is 9.55 Å². The van der Waals surface area contributed by atoms with Gasteiger partial charge in [0.1, 0.15) is 0 Å². The van der Waals surface area contributed by atoms with Gasteiger partial charge in [0.25, 0.3) is 0 Å². The third kappa shape index (κ3) is 4.45. The number of nitrogens with zero attached hydrogens (tertiary/aromatic N) is 2. The predicted octanol–water partition coefficient (Wildman–Crippen LogP) is 5.34. The van der Waals surface area contributed by atoms with E-state index in [0.717, 1.165) is 0 Å². The van der Waals surface area contributed by atoms with Crippen LogP contribution in [0.2, 0.25) is 0 Å². The van der Waals surface area contributed by atoms with E-state index in [4.69, 9.17) is 0 Å². The summed E-state index contributed by atoms with van der Waals surface area (Å²) in [5.41, 5.74) is 4.31. The number of benzene rings is 1. The molecule has 0 saturated heterocycles. The number of hydrogen-bond donors (Lipinski definition) is 0. The molecule has 2 heteroatoms. The summed E-state index contributed by atoms with van der Waals surface area (Å²) in [6.07, 6.45) is 15.9. The molecule has 0 aliphatic carbocycles. The fourth-order valence-corrected chi connectivity index (χ4v) is 2.90. The molecule has 2 nitrogen and oxygen atoms in total. The van der Waals surface area contributed by atoms with Crippen LogP contribution in [0.5, 0.6) is 0 Å². The van der Waals surface area contributed by atoms with Gasteiger partial charge in [-0.15, -0.1) is 0 Å². The molecule has 0 atom stereocenters. The Labute approximate surface area is 129 Å². The van der Waals surface area contributed by atoms with Crippen LogP contribution in [0.3, 0.4) is 0 Å². The highest BCUT2D eigenvalue weighted by Gasteiger charge is 2.10. The van der Waals surface area contributed by atoms with Gasteiger partial charge in [-0.2, -0.15) is 0 Å². The number of aryl methyl sites for hydroxylation is 2. The summed E-state index contributed by atoms with van der Waals surface area (Å²) in [6, 6.07) is 6.80. The Kier molecular flexibility index (Phi) is 6.52. The molecule has 114 valence electrons. The highest BCUT2D eigenvalue weighted by Crippen LogP contribution is 2.23. The quantitative estimate of drug-likeness (QED) is 0.568. The molecule has 0 N–H and O–H groups in total. The van der Waals surface area contributed by atoms with Gasteiger partial charge in [0.05, 0.1) is 12.0 Å². The minimum absolute atomic E-state index is 1.17. The van der Waals surface area contributed by atoms with E-state index in [0.29, 0.717) is 0 Å². The van der Waals surface area contributed by atoms with Crippen LogP contribution in [0.4, 0.5) is 0 Å². The Bertz CT molecular complexity index is 486. The lowest BCUT2D eigenvalue weighted by molar-refractivity contribution is 0.703. The molecule has 0 aliphatic heterocycles. The first-order valence-corrected chi connectivity index (χ1v) is 8.46. The Balaban J connectivity index is 2.24. The average molecular weight is 284 g/mol. The second kappa shape index (κ2) is 8.66. The normalized spacial score (nSPS) is 11.0. The maximum atomic E-state index is 4.24. The van der Waals surface area contributed by atoms with E-state index in [2.05, 4.69) is 47.8 Å². The summed E-state index contributed by atoms with van der Waals surface area (Å²) >= 11 is 0. The van der Waals surface area contributed by atoms with E-state index in [1.54, 1.807) is 0 Å². The van der Waals surface area contributed by atoms with E-state index in [9.17, 15) is 0 Å². The van der Waals surface area contributed by atoms with Crippen LogP contribution in [0.15, 0.2) is 36.9 Å². The molecule has 1 heterocycles. The van der Waals surface area contributed by atoms with Gasteiger partial charge >= 0.3 is 0 Å². The molecular weight excluding hydrogens is 256 g/mol. The van der Waals surface area contributed by atoms with Gasteiger partial charge in [-0.1, -0.05) is 57.7 Å². The van der Waals surface area contributed by atoms with Gasteiger partial charge in [0.2, 0.25) is 0 Å². The molecule has 2 aromatic rings. The first-order chi connectivity index (χ1) is 10.4. The van der Waals surface area contributed by atoms with Crippen molar-refractivity contribution in [2.45, 2.75) is 65.2 Å². The molecule has 2 rings (SSSR count). The highest BCUT2D eigenvalue weighted by molar-refractivity contribution is 5.48. The molecule has 0 spiro atoms. The summed E-state index contributed by atoms with van der Waals surface area (Å²) in [5.74, 6) is 0. The Morgan fingerprint density at radius 1 is 0.905 bits per heavy atom. The van der Waals surface area contributed by atoms with Crippen LogP contribution in [0.25, 0.3) is 5.69 Å². The zero-order valence-electron chi connectivity index (χ0n) is 13.5. The molecule has 1 aromatic carbocycles. The lowest BCUT2D eigenvalue weighted by atomic mass is 9.98. The smallest absolute Gasteiger partial charge is 0.0991 e. The van der Waals surface area contributed by atoms with Crippen molar-refractivity contribution in [2.24, 2.45) is 0 Å². The second-order valence-electron chi connectivity index (χ2n) is 5.81. The SMILES string of the molecule is CCCCCc1cccc(CCCCC)c1-n1ccnc1. The Morgan fingerprint density at radius 2 is 1.52 bits per heavy atom. The molecule has 0 amide bonds.